The molecule has 2 heterocycles. The summed E-state index contributed by atoms with van der Waals surface area (Å²) >= 11 is 1.74. The van der Waals surface area contributed by atoms with Gasteiger partial charge in [0.25, 0.3) is 5.91 Å². The van der Waals surface area contributed by atoms with E-state index in [0.717, 1.165) is 25.9 Å². The van der Waals surface area contributed by atoms with Crippen LogP contribution < -0.4 is 9.47 Å². The van der Waals surface area contributed by atoms with Gasteiger partial charge in [0.15, 0.2) is 0 Å². The van der Waals surface area contributed by atoms with Gasteiger partial charge in [-0.05, 0) is 53.3 Å². The molecule has 1 saturated heterocycles. The standard InChI is InChI=1S/C18H21NO3S/c1-21-15-3-4-16(17(11-15)22-2)18(20)19-8-5-13(6-9-19)14-7-10-23-12-14/h3-4,7,10-13H,5-6,8-9H2,1-2H3. The first-order valence-electron chi connectivity index (χ1n) is 7.76. The lowest BCUT2D eigenvalue weighted by molar-refractivity contribution is 0.0709. The Kier molecular flexibility index (Phi) is 4.86. The summed E-state index contributed by atoms with van der Waals surface area (Å²) in [6, 6.07) is 7.53. The van der Waals surface area contributed by atoms with Crippen molar-refractivity contribution in [2.75, 3.05) is 27.3 Å². The first-order chi connectivity index (χ1) is 11.2. The molecule has 23 heavy (non-hydrogen) atoms. The number of piperidine rings is 1. The third-order valence-corrected chi connectivity index (χ3v) is 5.14. The minimum atomic E-state index is 0.0354. The maximum absolute atomic E-state index is 12.8. The molecule has 3 rings (SSSR count). The molecular formula is C18H21NO3S. The van der Waals surface area contributed by atoms with E-state index in [4.69, 9.17) is 9.47 Å². The quantitative estimate of drug-likeness (QED) is 0.856. The molecule has 0 unspecified atom stereocenters. The summed E-state index contributed by atoms with van der Waals surface area (Å²) in [5, 5.41) is 4.34. The number of rotatable bonds is 4. The number of carbonyl (C=O) groups excluding carboxylic acids is 1. The summed E-state index contributed by atoms with van der Waals surface area (Å²) in [7, 11) is 3.18. The minimum Gasteiger partial charge on any atom is -0.497 e. The number of thiophene rings is 1. The average molecular weight is 331 g/mol. The van der Waals surface area contributed by atoms with Crippen molar-refractivity contribution in [1.82, 2.24) is 4.90 Å². The fourth-order valence-electron chi connectivity index (χ4n) is 3.07. The molecule has 4 nitrogen and oxygen atoms in total. The van der Waals surface area contributed by atoms with Gasteiger partial charge in [-0.3, -0.25) is 4.79 Å². The minimum absolute atomic E-state index is 0.0354. The molecule has 1 aliphatic rings. The zero-order valence-corrected chi connectivity index (χ0v) is 14.3. The van der Waals surface area contributed by atoms with E-state index in [9.17, 15) is 4.79 Å². The number of ether oxygens (including phenoxy) is 2. The van der Waals surface area contributed by atoms with Crippen LogP contribution in [0.2, 0.25) is 0 Å². The van der Waals surface area contributed by atoms with Crippen molar-refractivity contribution in [2.45, 2.75) is 18.8 Å². The molecule has 0 bridgehead atoms. The number of carbonyl (C=O) groups is 1. The van der Waals surface area contributed by atoms with Crippen LogP contribution in [0.4, 0.5) is 0 Å². The Balaban J connectivity index is 1.70. The normalized spacial score (nSPS) is 15.5. The highest BCUT2D eigenvalue weighted by molar-refractivity contribution is 7.07. The largest absolute Gasteiger partial charge is 0.497 e. The van der Waals surface area contributed by atoms with E-state index in [1.807, 2.05) is 4.90 Å². The molecule has 122 valence electrons. The first-order valence-corrected chi connectivity index (χ1v) is 8.70. The highest BCUT2D eigenvalue weighted by atomic mass is 32.1. The zero-order chi connectivity index (χ0) is 16.2. The monoisotopic (exact) mass is 331 g/mol. The van der Waals surface area contributed by atoms with E-state index >= 15 is 0 Å². The van der Waals surface area contributed by atoms with Crippen molar-refractivity contribution in [3.05, 3.63) is 46.2 Å². The molecular weight excluding hydrogens is 310 g/mol. The molecule has 0 spiro atoms. The van der Waals surface area contributed by atoms with Crippen molar-refractivity contribution in [3.8, 4) is 11.5 Å². The van der Waals surface area contributed by atoms with Gasteiger partial charge in [-0.15, -0.1) is 0 Å². The predicted octanol–water partition coefficient (Wildman–Crippen LogP) is 3.79. The van der Waals surface area contributed by atoms with Crippen LogP contribution in [-0.2, 0) is 0 Å². The summed E-state index contributed by atoms with van der Waals surface area (Å²) in [4.78, 5) is 14.7. The van der Waals surface area contributed by atoms with Gasteiger partial charge in [0, 0.05) is 19.2 Å². The molecule has 1 aromatic carbocycles. The maximum Gasteiger partial charge on any atom is 0.257 e. The number of likely N-dealkylation sites (tertiary alicyclic amines) is 1. The van der Waals surface area contributed by atoms with Crippen molar-refractivity contribution in [2.24, 2.45) is 0 Å². The summed E-state index contributed by atoms with van der Waals surface area (Å²) in [5.74, 6) is 1.86. The number of methoxy groups -OCH3 is 2. The van der Waals surface area contributed by atoms with E-state index < -0.39 is 0 Å². The van der Waals surface area contributed by atoms with Gasteiger partial charge in [-0.1, -0.05) is 0 Å². The van der Waals surface area contributed by atoms with Crippen LogP contribution in [0.1, 0.15) is 34.7 Å². The van der Waals surface area contributed by atoms with Gasteiger partial charge < -0.3 is 14.4 Å². The SMILES string of the molecule is COc1ccc(C(=O)N2CCC(c3ccsc3)CC2)c(OC)c1. The number of amides is 1. The molecule has 1 aliphatic heterocycles. The number of benzene rings is 1. The maximum atomic E-state index is 12.8. The zero-order valence-electron chi connectivity index (χ0n) is 13.5. The first kappa shape index (κ1) is 15.9. The Morgan fingerprint density at radius 1 is 1.17 bits per heavy atom. The molecule has 5 heteroatoms. The van der Waals surface area contributed by atoms with Crippen LogP contribution in [-0.4, -0.2) is 38.1 Å². The van der Waals surface area contributed by atoms with Crippen LogP contribution >= 0.6 is 11.3 Å². The Hall–Kier alpha value is -2.01. The Labute approximate surface area is 140 Å². The lowest BCUT2D eigenvalue weighted by Gasteiger charge is -2.32. The van der Waals surface area contributed by atoms with Crippen LogP contribution in [0.3, 0.4) is 0 Å². The van der Waals surface area contributed by atoms with E-state index in [0.29, 0.717) is 23.0 Å². The molecule has 0 atom stereocenters. The van der Waals surface area contributed by atoms with Gasteiger partial charge in [0.1, 0.15) is 11.5 Å². The smallest absolute Gasteiger partial charge is 0.257 e. The van der Waals surface area contributed by atoms with E-state index in [-0.39, 0.29) is 5.91 Å². The molecule has 1 amide bonds. The van der Waals surface area contributed by atoms with Crippen molar-refractivity contribution < 1.29 is 14.3 Å². The topological polar surface area (TPSA) is 38.8 Å². The van der Waals surface area contributed by atoms with Gasteiger partial charge in [-0.2, -0.15) is 11.3 Å². The Bertz CT molecular complexity index is 661. The van der Waals surface area contributed by atoms with Gasteiger partial charge >= 0.3 is 0 Å². The predicted molar refractivity (Wildman–Crippen MR) is 91.7 cm³/mol. The van der Waals surface area contributed by atoms with Crippen LogP contribution in [0.5, 0.6) is 11.5 Å². The Morgan fingerprint density at radius 2 is 1.96 bits per heavy atom. The van der Waals surface area contributed by atoms with Crippen LogP contribution in [0.15, 0.2) is 35.0 Å². The number of nitrogens with zero attached hydrogens (tertiary/aromatic N) is 1. The van der Waals surface area contributed by atoms with Crippen molar-refractivity contribution in [1.29, 1.82) is 0 Å². The fourth-order valence-corrected chi connectivity index (χ4v) is 3.81. The Morgan fingerprint density at radius 3 is 2.57 bits per heavy atom. The molecule has 0 saturated carbocycles. The summed E-state index contributed by atoms with van der Waals surface area (Å²) in [5.41, 5.74) is 2.01. The lowest BCUT2D eigenvalue weighted by Crippen LogP contribution is -2.38. The van der Waals surface area contributed by atoms with Gasteiger partial charge in [0.05, 0.1) is 19.8 Å². The highest BCUT2D eigenvalue weighted by Gasteiger charge is 2.26. The van der Waals surface area contributed by atoms with Crippen molar-refractivity contribution in [3.63, 3.8) is 0 Å². The molecule has 0 N–H and O–H groups in total. The summed E-state index contributed by atoms with van der Waals surface area (Å²) in [6.07, 6.45) is 2.03. The second-order valence-electron chi connectivity index (χ2n) is 5.69. The average Bonchev–Trinajstić information content (AvgIpc) is 3.15. The third kappa shape index (κ3) is 3.34. The molecule has 2 aromatic rings. The second kappa shape index (κ2) is 7.04. The highest BCUT2D eigenvalue weighted by Crippen LogP contribution is 2.31. The van der Waals surface area contributed by atoms with E-state index in [1.54, 1.807) is 43.8 Å². The number of hydrogen-bond donors (Lipinski definition) is 0. The van der Waals surface area contributed by atoms with E-state index in [2.05, 4.69) is 16.8 Å². The molecule has 1 fully saturated rings. The van der Waals surface area contributed by atoms with Gasteiger partial charge in [0.2, 0.25) is 0 Å². The lowest BCUT2D eigenvalue weighted by atomic mass is 9.91. The fraction of sp³-hybridized carbons (Fsp3) is 0.389. The molecule has 1 aromatic heterocycles. The van der Waals surface area contributed by atoms with Crippen LogP contribution in [0.25, 0.3) is 0 Å². The van der Waals surface area contributed by atoms with E-state index in [1.165, 1.54) is 5.56 Å². The second-order valence-corrected chi connectivity index (χ2v) is 6.47. The van der Waals surface area contributed by atoms with Crippen molar-refractivity contribution >= 4 is 17.2 Å². The summed E-state index contributed by atoms with van der Waals surface area (Å²) in [6.45, 7) is 1.57. The third-order valence-electron chi connectivity index (χ3n) is 4.44. The van der Waals surface area contributed by atoms with Crippen LogP contribution in [0, 0.1) is 0 Å². The molecule has 0 aliphatic carbocycles. The van der Waals surface area contributed by atoms with Gasteiger partial charge in [-0.25, -0.2) is 0 Å². The molecule has 0 radical (unpaired) electrons. The number of hydrogen-bond acceptors (Lipinski definition) is 4. The summed E-state index contributed by atoms with van der Waals surface area (Å²) < 4.78 is 10.5.